The van der Waals surface area contributed by atoms with Gasteiger partial charge in [0.15, 0.2) is 0 Å². The summed E-state index contributed by atoms with van der Waals surface area (Å²) < 4.78 is 34.6. The number of carbonyl (C=O) groups excluding carboxylic acids is 2. The van der Waals surface area contributed by atoms with Gasteiger partial charge in [-0.1, -0.05) is 12.1 Å². The quantitative estimate of drug-likeness (QED) is 0.461. The number of halogens is 2. The molecule has 0 saturated heterocycles. The molecule has 1 aliphatic carbocycles. The number of nitrogens with one attached hydrogen (secondary N) is 2. The lowest BCUT2D eigenvalue weighted by Crippen LogP contribution is -2.36. The van der Waals surface area contributed by atoms with Crippen LogP contribution in [-0.2, 0) is 4.79 Å². The molecule has 0 radical (unpaired) electrons. The second kappa shape index (κ2) is 11.2. The average molecular weight is 446 g/mol. The van der Waals surface area contributed by atoms with Crippen LogP contribution >= 0.6 is 0 Å². The zero-order chi connectivity index (χ0) is 22.9. The predicted octanol–water partition coefficient (Wildman–Crippen LogP) is 2.96. The Morgan fingerprint density at radius 1 is 1.06 bits per heavy atom. The van der Waals surface area contributed by atoms with Crippen LogP contribution in [0, 0.1) is 5.92 Å². The van der Waals surface area contributed by atoms with Crippen molar-refractivity contribution in [3.63, 3.8) is 0 Å². The SMILES string of the molecule is O=C(NCCO)C(=Cc1ccc(OC(F)F)cc1)NC(=O)c1ccc(OCC2CC2)cc1. The van der Waals surface area contributed by atoms with E-state index < -0.39 is 18.4 Å². The number of hydrogen-bond acceptors (Lipinski definition) is 5. The molecule has 9 heteroatoms. The van der Waals surface area contributed by atoms with Gasteiger partial charge in [-0.2, -0.15) is 8.78 Å². The van der Waals surface area contributed by atoms with Crippen LogP contribution in [0.25, 0.3) is 6.08 Å². The van der Waals surface area contributed by atoms with Gasteiger partial charge in [0, 0.05) is 12.1 Å². The number of carbonyl (C=O) groups is 2. The van der Waals surface area contributed by atoms with Crippen molar-refractivity contribution < 1.29 is 33.0 Å². The first-order valence-electron chi connectivity index (χ1n) is 10.1. The van der Waals surface area contributed by atoms with Gasteiger partial charge in [-0.05, 0) is 66.8 Å². The van der Waals surface area contributed by atoms with Crippen molar-refractivity contribution in [2.75, 3.05) is 19.8 Å². The van der Waals surface area contributed by atoms with E-state index in [2.05, 4.69) is 15.4 Å². The van der Waals surface area contributed by atoms with Crippen molar-refractivity contribution in [2.45, 2.75) is 19.5 Å². The van der Waals surface area contributed by atoms with Crippen LogP contribution in [0.4, 0.5) is 8.78 Å². The Hall–Kier alpha value is -3.46. The minimum Gasteiger partial charge on any atom is -0.493 e. The Balaban J connectivity index is 1.70. The molecule has 170 valence electrons. The monoisotopic (exact) mass is 446 g/mol. The average Bonchev–Trinajstić information content (AvgIpc) is 3.61. The minimum atomic E-state index is -2.94. The van der Waals surface area contributed by atoms with Crippen molar-refractivity contribution >= 4 is 17.9 Å². The molecule has 7 nitrogen and oxygen atoms in total. The summed E-state index contributed by atoms with van der Waals surface area (Å²) >= 11 is 0. The first-order chi connectivity index (χ1) is 15.4. The molecule has 32 heavy (non-hydrogen) atoms. The number of hydrogen-bond donors (Lipinski definition) is 3. The highest BCUT2D eigenvalue weighted by Crippen LogP contribution is 2.29. The number of aliphatic hydroxyl groups is 1. The maximum atomic E-state index is 12.7. The van der Waals surface area contributed by atoms with E-state index in [1.807, 2.05) is 0 Å². The molecule has 2 amide bonds. The van der Waals surface area contributed by atoms with Crippen molar-refractivity contribution in [1.29, 1.82) is 0 Å². The van der Waals surface area contributed by atoms with Gasteiger partial charge in [0.2, 0.25) is 0 Å². The molecule has 1 fully saturated rings. The van der Waals surface area contributed by atoms with Crippen molar-refractivity contribution in [3.05, 3.63) is 65.4 Å². The second-order valence-electron chi connectivity index (χ2n) is 7.22. The number of benzene rings is 2. The first-order valence-corrected chi connectivity index (χ1v) is 10.1. The Morgan fingerprint density at radius 3 is 2.31 bits per heavy atom. The molecule has 0 unspecified atom stereocenters. The van der Waals surface area contributed by atoms with Gasteiger partial charge in [-0.15, -0.1) is 0 Å². The molecule has 0 aliphatic heterocycles. The van der Waals surface area contributed by atoms with E-state index in [0.29, 0.717) is 29.4 Å². The first kappa shape index (κ1) is 23.2. The summed E-state index contributed by atoms with van der Waals surface area (Å²) in [7, 11) is 0. The summed E-state index contributed by atoms with van der Waals surface area (Å²) in [6, 6.07) is 12.1. The lowest BCUT2D eigenvalue weighted by molar-refractivity contribution is -0.117. The summed E-state index contributed by atoms with van der Waals surface area (Å²) in [5.74, 6) is 0.123. The number of amides is 2. The fourth-order valence-corrected chi connectivity index (χ4v) is 2.73. The molecule has 0 spiro atoms. The highest BCUT2D eigenvalue weighted by atomic mass is 19.3. The zero-order valence-corrected chi connectivity index (χ0v) is 17.2. The Morgan fingerprint density at radius 2 is 1.72 bits per heavy atom. The van der Waals surface area contributed by atoms with Crippen LogP contribution in [0.15, 0.2) is 54.2 Å². The zero-order valence-electron chi connectivity index (χ0n) is 17.2. The van der Waals surface area contributed by atoms with E-state index >= 15 is 0 Å². The van der Waals surface area contributed by atoms with Gasteiger partial charge < -0.3 is 25.2 Å². The topological polar surface area (TPSA) is 96.9 Å². The molecule has 0 atom stereocenters. The minimum absolute atomic E-state index is 0.000238. The molecule has 1 aliphatic rings. The van der Waals surface area contributed by atoms with Crippen LogP contribution < -0.4 is 20.1 Å². The van der Waals surface area contributed by atoms with Crippen LogP contribution in [0.5, 0.6) is 11.5 Å². The van der Waals surface area contributed by atoms with Crippen LogP contribution in [0.2, 0.25) is 0 Å². The lowest BCUT2D eigenvalue weighted by atomic mass is 10.1. The molecule has 2 aromatic rings. The van der Waals surface area contributed by atoms with Crippen LogP contribution in [0.3, 0.4) is 0 Å². The highest BCUT2D eigenvalue weighted by molar-refractivity contribution is 6.05. The maximum Gasteiger partial charge on any atom is 0.387 e. The van der Waals surface area contributed by atoms with Crippen molar-refractivity contribution in [3.8, 4) is 11.5 Å². The smallest absolute Gasteiger partial charge is 0.387 e. The Labute approximate surface area is 184 Å². The van der Waals surface area contributed by atoms with Gasteiger partial charge in [-0.3, -0.25) is 9.59 Å². The van der Waals surface area contributed by atoms with E-state index in [1.54, 1.807) is 24.3 Å². The van der Waals surface area contributed by atoms with Gasteiger partial charge in [0.1, 0.15) is 17.2 Å². The summed E-state index contributed by atoms with van der Waals surface area (Å²) in [5.41, 5.74) is 0.732. The molecular formula is C23H24F2N2O5. The third-order valence-corrected chi connectivity index (χ3v) is 4.61. The van der Waals surface area contributed by atoms with E-state index in [4.69, 9.17) is 9.84 Å². The predicted molar refractivity (Wildman–Crippen MR) is 113 cm³/mol. The van der Waals surface area contributed by atoms with Gasteiger partial charge in [0.25, 0.3) is 11.8 Å². The standard InChI is InChI=1S/C23H24F2N2O5/c24-23(25)32-19-7-3-15(4-8-19)13-20(22(30)26-11-12-28)27-21(29)17-5-9-18(10-6-17)31-14-16-1-2-16/h3-10,13,16,23,28H,1-2,11-12,14H2,(H,26,30)(H,27,29). The number of aliphatic hydroxyl groups excluding tert-OH is 1. The number of ether oxygens (including phenoxy) is 2. The molecule has 3 N–H and O–H groups in total. The van der Waals surface area contributed by atoms with Gasteiger partial charge >= 0.3 is 6.61 Å². The summed E-state index contributed by atoms with van der Waals surface area (Å²) in [6.45, 7) is -2.55. The molecule has 0 aromatic heterocycles. The fraction of sp³-hybridized carbons (Fsp3) is 0.304. The van der Waals surface area contributed by atoms with E-state index in [-0.39, 0.29) is 24.6 Å². The van der Waals surface area contributed by atoms with Crippen molar-refractivity contribution in [2.24, 2.45) is 5.92 Å². The van der Waals surface area contributed by atoms with Crippen LogP contribution in [-0.4, -0.2) is 43.3 Å². The van der Waals surface area contributed by atoms with Gasteiger partial charge in [-0.25, -0.2) is 0 Å². The largest absolute Gasteiger partial charge is 0.493 e. The van der Waals surface area contributed by atoms with E-state index in [1.165, 1.54) is 43.2 Å². The Bertz CT molecular complexity index is 942. The molecule has 1 saturated carbocycles. The molecule has 2 aromatic carbocycles. The fourth-order valence-electron chi connectivity index (χ4n) is 2.73. The molecule has 0 heterocycles. The Kier molecular flexibility index (Phi) is 8.15. The number of alkyl halides is 2. The molecule has 3 rings (SSSR count). The lowest BCUT2D eigenvalue weighted by Gasteiger charge is -2.11. The van der Waals surface area contributed by atoms with Gasteiger partial charge in [0.05, 0.1) is 13.2 Å². The summed E-state index contributed by atoms with van der Waals surface area (Å²) in [6.07, 6.45) is 3.75. The summed E-state index contributed by atoms with van der Waals surface area (Å²) in [5, 5.41) is 14.0. The van der Waals surface area contributed by atoms with E-state index in [9.17, 15) is 18.4 Å². The molecule has 0 bridgehead atoms. The maximum absolute atomic E-state index is 12.7. The van der Waals surface area contributed by atoms with Crippen molar-refractivity contribution in [1.82, 2.24) is 10.6 Å². The highest BCUT2D eigenvalue weighted by Gasteiger charge is 2.22. The van der Waals surface area contributed by atoms with Crippen LogP contribution in [0.1, 0.15) is 28.8 Å². The molecular weight excluding hydrogens is 422 g/mol. The normalized spacial score (nSPS) is 13.6. The third-order valence-electron chi connectivity index (χ3n) is 4.61. The second-order valence-corrected chi connectivity index (χ2v) is 7.22. The third kappa shape index (κ3) is 7.35. The number of rotatable bonds is 11. The van der Waals surface area contributed by atoms with E-state index in [0.717, 1.165) is 0 Å². The summed E-state index contributed by atoms with van der Waals surface area (Å²) in [4.78, 5) is 25.1.